The summed E-state index contributed by atoms with van der Waals surface area (Å²) >= 11 is 0. The molecule has 0 unspecified atom stereocenters. The van der Waals surface area contributed by atoms with Gasteiger partial charge in [0, 0.05) is 36.5 Å². The number of pyridine rings is 2. The average Bonchev–Trinajstić information content (AvgIpc) is 3.31. The second-order valence-corrected chi connectivity index (χ2v) is 7.63. The molecule has 3 aromatic rings. The van der Waals surface area contributed by atoms with Gasteiger partial charge in [-0.1, -0.05) is 6.92 Å². The van der Waals surface area contributed by atoms with Crippen LogP contribution >= 0.6 is 0 Å². The molecule has 0 atom stereocenters. The van der Waals surface area contributed by atoms with Crippen molar-refractivity contribution in [2.45, 2.75) is 26.7 Å². The Morgan fingerprint density at radius 1 is 1.23 bits per heavy atom. The van der Waals surface area contributed by atoms with E-state index in [-0.39, 0.29) is 5.91 Å². The molecule has 9 heteroatoms. The molecule has 9 nitrogen and oxygen atoms in total. The van der Waals surface area contributed by atoms with Crippen LogP contribution in [0.5, 0.6) is 11.5 Å². The molecule has 3 heterocycles. The first kappa shape index (κ1) is 19.6. The van der Waals surface area contributed by atoms with Crippen molar-refractivity contribution in [2.75, 3.05) is 5.32 Å². The van der Waals surface area contributed by atoms with Crippen molar-refractivity contribution < 1.29 is 14.3 Å². The maximum absolute atomic E-state index is 12.0. The van der Waals surface area contributed by atoms with Crippen molar-refractivity contribution in [1.29, 1.82) is 0 Å². The number of carbonyl (C=O) groups is 2. The van der Waals surface area contributed by atoms with Crippen LogP contribution in [0.15, 0.2) is 42.9 Å². The Hall–Kier alpha value is -3.75. The van der Waals surface area contributed by atoms with E-state index in [4.69, 9.17) is 4.74 Å². The van der Waals surface area contributed by atoms with E-state index in [1.54, 1.807) is 42.2 Å². The summed E-state index contributed by atoms with van der Waals surface area (Å²) in [6.07, 6.45) is 6.87. The molecule has 1 aliphatic carbocycles. The largest absolute Gasteiger partial charge is 0.455 e. The predicted molar refractivity (Wildman–Crippen MR) is 110 cm³/mol. The molecule has 1 aliphatic rings. The summed E-state index contributed by atoms with van der Waals surface area (Å²) in [6.45, 7) is 3.61. The number of anilines is 1. The number of ether oxygens (including phenoxy) is 1. The number of rotatable bonds is 5. The van der Waals surface area contributed by atoms with E-state index < -0.39 is 11.4 Å². The van der Waals surface area contributed by atoms with Gasteiger partial charge in [0.1, 0.15) is 17.3 Å². The third-order valence-electron chi connectivity index (χ3n) is 5.01. The first-order valence-corrected chi connectivity index (χ1v) is 9.55. The fourth-order valence-electron chi connectivity index (χ4n) is 2.85. The number of amides is 3. The highest BCUT2D eigenvalue weighted by Gasteiger charge is 2.45. The number of hydrogen-bond donors (Lipinski definition) is 2. The van der Waals surface area contributed by atoms with Crippen LogP contribution in [0, 0.1) is 12.3 Å². The molecule has 3 aromatic heterocycles. The average molecular weight is 406 g/mol. The molecule has 0 radical (unpaired) electrons. The summed E-state index contributed by atoms with van der Waals surface area (Å²) in [4.78, 5) is 32.7. The van der Waals surface area contributed by atoms with Crippen LogP contribution < -0.4 is 15.4 Å². The molecular formula is C21H22N6O3. The Bertz CT molecular complexity index is 1120. The van der Waals surface area contributed by atoms with Crippen LogP contribution in [0.1, 0.15) is 25.5 Å². The van der Waals surface area contributed by atoms with E-state index in [2.05, 4.69) is 25.7 Å². The summed E-state index contributed by atoms with van der Waals surface area (Å²) in [5.74, 6) is 1.22. The highest BCUT2D eigenvalue weighted by Crippen LogP contribution is 2.44. The number of nitrogens with zero attached hydrogens (tertiary/aromatic N) is 4. The van der Waals surface area contributed by atoms with Gasteiger partial charge in [-0.3, -0.25) is 25.1 Å². The van der Waals surface area contributed by atoms with Gasteiger partial charge in [-0.15, -0.1) is 0 Å². The van der Waals surface area contributed by atoms with Crippen molar-refractivity contribution in [1.82, 2.24) is 25.1 Å². The van der Waals surface area contributed by atoms with E-state index >= 15 is 0 Å². The number of imide groups is 1. The van der Waals surface area contributed by atoms with Gasteiger partial charge in [-0.2, -0.15) is 5.10 Å². The lowest BCUT2D eigenvalue weighted by molar-refractivity contribution is -0.124. The topological polar surface area (TPSA) is 111 Å². The van der Waals surface area contributed by atoms with Crippen molar-refractivity contribution in [3.63, 3.8) is 0 Å². The molecule has 1 saturated carbocycles. The molecule has 0 aromatic carbocycles. The van der Waals surface area contributed by atoms with Gasteiger partial charge in [-0.25, -0.2) is 9.78 Å². The minimum atomic E-state index is -0.594. The molecule has 1 fully saturated rings. The van der Waals surface area contributed by atoms with Crippen molar-refractivity contribution >= 4 is 17.8 Å². The van der Waals surface area contributed by atoms with Crippen LogP contribution in [0.3, 0.4) is 0 Å². The van der Waals surface area contributed by atoms with Gasteiger partial charge in [0.05, 0.1) is 17.6 Å². The van der Waals surface area contributed by atoms with Crippen LogP contribution in [0.4, 0.5) is 10.6 Å². The Morgan fingerprint density at radius 2 is 2.03 bits per heavy atom. The van der Waals surface area contributed by atoms with Crippen molar-refractivity contribution in [3.8, 4) is 22.8 Å². The monoisotopic (exact) mass is 406 g/mol. The SMILES string of the molecule is Cc1nc(NC(=O)NC(=O)C2(C)CC2)ccc1Oc1ccnc(-c2cnn(C)c2)c1. The van der Waals surface area contributed by atoms with Crippen LogP contribution in [-0.2, 0) is 11.8 Å². The number of hydrogen-bond acceptors (Lipinski definition) is 6. The lowest BCUT2D eigenvalue weighted by atomic mass is 10.1. The number of nitrogens with one attached hydrogen (secondary N) is 2. The Balaban J connectivity index is 1.42. The highest BCUT2D eigenvalue weighted by molar-refractivity contribution is 6.03. The zero-order valence-electron chi connectivity index (χ0n) is 17.0. The second-order valence-electron chi connectivity index (χ2n) is 7.63. The quantitative estimate of drug-likeness (QED) is 0.672. The van der Waals surface area contributed by atoms with Crippen LogP contribution in [0.25, 0.3) is 11.3 Å². The van der Waals surface area contributed by atoms with E-state index in [0.717, 1.165) is 24.1 Å². The smallest absolute Gasteiger partial charge is 0.327 e. The van der Waals surface area contributed by atoms with Gasteiger partial charge in [0.15, 0.2) is 0 Å². The fourth-order valence-corrected chi connectivity index (χ4v) is 2.85. The molecule has 30 heavy (non-hydrogen) atoms. The van der Waals surface area contributed by atoms with Crippen LogP contribution in [-0.4, -0.2) is 31.7 Å². The second kappa shape index (κ2) is 7.58. The van der Waals surface area contributed by atoms with Gasteiger partial charge >= 0.3 is 6.03 Å². The third-order valence-corrected chi connectivity index (χ3v) is 5.01. The Morgan fingerprint density at radius 3 is 2.70 bits per heavy atom. The zero-order chi connectivity index (χ0) is 21.3. The first-order chi connectivity index (χ1) is 14.3. The summed E-state index contributed by atoms with van der Waals surface area (Å²) < 4.78 is 7.65. The lowest BCUT2D eigenvalue weighted by Gasteiger charge is -2.12. The fraction of sp³-hybridized carbons (Fsp3) is 0.286. The van der Waals surface area contributed by atoms with E-state index in [1.807, 2.05) is 26.2 Å². The lowest BCUT2D eigenvalue weighted by Crippen LogP contribution is -2.38. The Labute approximate surface area is 173 Å². The number of aryl methyl sites for hydroxylation is 2. The first-order valence-electron chi connectivity index (χ1n) is 9.55. The summed E-state index contributed by atoms with van der Waals surface area (Å²) in [6, 6.07) is 6.31. The molecule has 4 rings (SSSR count). The van der Waals surface area contributed by atoms with Gasteiger partial charge < -0.3 is 4.74 Å². The minimum Gasteiger partial charge on any atom is -0.455 e. The van der Waals surface area contributed by atoms with Gasteiger partial charge in [0.25, 0.3) is 0 Å². The number of urea groups is 1. The molecule has 0 saturated heterocycles. The van der Waals surface area contributed by atoms with Crippen molar-refractivity contribution in [3.05, 3.63) is 48.5 Å². The number of carbonyl (C=O) groups excluding carboxylic acids is 2. The molecule has 154 valence electrons. The predicted octanol–water partition coefficient (Wildman–Crippen LogP) is 3.43. The summed E-state index contributed by atoms with van der Waals surface area (Å²) in [7, 11) is 1.84. The molecule has 3 amide bonds. The Kier molecular flexibility index (Phi) is 4.94. The van der Waals surface area contributed by atoms with Crippen molar-refractivity contribution in [2.24, 2.45) is 12.5 Å². The summed E-state index contributed by atoms with van der Waals surface area (Å²) in [5, 5.41) is 9.09. The molecule has 0 bridgehead atoms. The van der Waals surface area contributed by atoms with Gasteiger partial charge in [-0.05, 0) is 38.0 Å². The summed E-state index contributed by atoms with van der Waals surface area (Å²) in [5.41, 5.74) is 1.80. The molecular weight excluding hydrogens is 384 g/mol. The van der Waals surface area contributed by atoms with Crippen LogP contribution in [0.2, 0.25) is 0 Å². The molecule has 0 aliphatic heterocycles. The molecule has 0 spiro atoms. The minimum absolute atomic E-state index is 0.265. The van der Waals surface area contributed by atoms with E-state index in [9.17, 15) is 9.59 Å². The normalized spacial score (nSPS) is 14.1. The van der Waals surface area contributed by atoms with E-state index in [1.165, 1.54) is 0 Å². The number of aromatic nitrogens is 4. The highest BCUT2D eigenvalue weighted by atomic mass is 16.5. The standard InChI is InChI=1S/C21H22N6O3/c1-13-17(30-15-6-9-22-16(10-15)14-11-23-27(3)12-14)4-5-18(24-13)25-20(29)26-19(28)21(2)7-8-21/h4-6,9-12H,7-8H2,1-3H3,(H2,24,25,26,28,29). The maximum Gasteiger partial charge on any atom is 0.327 e. The zero-order valence-corrected chi connectivity index (χ0v) is 17.0. The van der Waals surface area contributed by atoms with E-state index in [0.29, 0.717) is 23.0 Å². The van der Waals surface area contributed by atoms with Gasteiger partial charge in [0.2, 0.25) is 5.91 Å². The maximum atomic E-state index is 12.0. The molecule has 2 N–H and O–H groups in total. The third kappa shape index (κ3) is 4.29.